The maximum atomic E-state index is 11.1. The van der Waals surface area contributed by atoms with Crippen LogP contribution in [0, 0.1) is 29.6 Å². The van der Waals surface area contributed by atoms with Crippen LogP contribution in [0.4, 0.5) is 13.2 Å². The molecular weight excluding hydrogens is 736 g/mol. The number of fused-ring (bicyclic) bond motifs is 2. The van der Waals surface area contributed by atoms with Crippen molar-refractivity contribution in [1.29, 1.82) is 10.5 Å². The molecule has 3 aromatic rings. The van der Waals surface area contributed by atoms with E-state index < -0.39 is 15.6 Å². The van der Waals surface area contributed by atoms with Crippen molar-refractivity contribution in [2.24, 2.45) is 0 Å². The number of ether oxygens (including phenoxy) is 1. The molecule has 2 aromatic carbocycles. The predicted octanol–water partition coefficient (Wildman–Crippen LogP) is 8.38. The molecule has 1 N–H and O–H groups in total. The van der Waals surface area contributed by atoms with Gasteiger partial charge in [0, 0.05) is 47.9 Å². The normalized spacial score (nSPS) is 11.8. The summed E-state index contributed by atoms with van der Waals surface area (Å²) < 4.78 is 60.9. The van der Waals surface area contributed by atoms with Crippen molar-refractivity contribution in [1.82, 2.24) is 9.88 Å². The predicted molar refractivity (Wildman–Crippen MR) is 178 cm³/mol. The lowest BCUT2D eigenvalue weighted by atomic mass is 10.0. The third-order valence-electron chi connectivity index (χ3n) is 5.41. The second kappa shape index (κ2) is 19.8. The van der Waals surface area contributed by atoms with Gasteiger partial charge in [0.25, 0.3) is 0 Å². The van der Waals surface area contributed by atoms with E-state index in [1.54, 1.807) is 23.0 Å². The van der Waals surface area contributed by atoms with E-state index in [1.807, 2.05) is 44.5 Å². The van der Waals surface area contributed by atoms with E-state index in [4.69, 9.17) is 15.3 Å². The molecule has 0 unspecified atom stereocenters. The Morgan fingerprint density at radius 1 is 1.21 bits per heavy atom. The minimum atomic E-state index is -5.47. The fraction of sp³-hybridized carbons (Fsp3) is 0.357. The summed E-state index contributed by atoms with van der Waals surface area (Å²) in [7, 11) is -2.02. The Morgan fingerprint density at radius 3 is 2.21 bits per heavy atom. The van der Waals surface area contributed by atoms with E-state index in [9.17, 15) is 21.6 Å². The Bertz CT molecular complexity index is 1530. The Morgan fingerprint density at radius 2 is 1.77 bits per heavy atom. The van der Waals surface area contributed by atoms with Gasteiger partial charge in [-0.3, -0.25) is 4.90 Å². The van der Waals surface area contributed by atoms with Crippen LogP contribution in [0.2, 0.25) is 0 Å². The molecule has 236 valence electrons. The first-order chi connectivity index (χ1) is 20.2. The van der Waals surface area contributed by atoms with Crippen molar-refractivity contribution < 1.29 is 30.0 Å². The number of aromatic nitrogens is 1. The number of benzene rings is 2. The first-order valence-corrected chi connectivity index (χ1v) is 18.0. The molecule has 2 heterocycles. The lowest BCUT2D eigenvalue weighted by Crippen LogP contribution is -2.22. The number of rotatable bonds is 4. The van der Waals surface area contributed by atoms with Gasteiger partial charge in [-0.1, -0.05) is 35.4 Å². The second-order valence-corrected chi connectivity index (χ2v) is 13.3. The molecule has 0 radical (unpaired) electrons. The van der Waals surface area contributed by atoms with Crippen molar-refractivity contribution in [3.8, 4) is 17.9 Å². The van der Waals surface area contributed by atoms with Gasteiger partial charge in [0.1, 0.15) is 5.75 Å². The molecule has 0 saturated heterocycles. The number of nitrogens with zero attached hydrogens (tertiary/aromatic N) is 3. The van der Waals surface area contributed by atoms with Gasteiger partial charge in [0.2, 0.25) is 0 Å². The van der Waals surface area contributed by atoms with Gasteiger partial charge in [-0.25, -0.2) is 0 Å². The van der Waals surface area contributed by atoms with E-state index in [-0.39, 0.29) is 0 Å². The van der Waals surface area contributed by atoms with Gasteiger partial charge >= 0.3 is 15.6 Å². The van der Waals surface area contributed by atoms with E-state index in [0.717, 1.165) is 30.9 Å². The van der Waals surface area contributed by atoms with E-state index in [2.05, 4.69) is 85.4 Å². The summed E-state index contributed by atoms with van der Waals surface area (Å²) in [5, 5.41) is 18.1. The maximum Gasteiger partial charge on any atom is 0.524 e. The Balaban J connectivity index is 0.000000771. The first kappa shape index (κ1) is 40.6. The molecule has 0 atom stereocenters. The molecule has 1 aromatic heterocycles. The number of methoxy groups -OCH3 is 1. The van der Waals surface area contributed by atoms with Crippen LogP contribution >= 0.6 is 43.0 Å². The van der Waals surface area contributed by atoms with Crippen LogP contribution in [0.5, 0.6) is 5.75 Å². The topological polar surface area (TPSA) is 119 Å². The highest BCUT2D eigenvalue weighted by Crippen LogP contribution is 2.34. The number of halogens is 4. The molecule has 1 aliphatic heterocycles. The number of aryl methyl sites for hydroxylation is 1. The second-order valence-electron chi connectivity index (χ2n) is 8.40. The van der Waals surface area contributed by atoms with Gasteiger partial charge in [0.05, 0.1) is 24.8 Å². The zero-order valence-electron chi connectivity index (χ0n) is 24.5. The minimum Gasteiger partial charge on any atom is -0.496 e. The third kappa shape index (κ3) is 12.6. The molecule has 4 rings (SSSR count). The van der Waals surface area contributed by atoms with Crippen LogP contribution in [-0.4, -0.2) is 37.2 Å². The summed E-state index contributed by atoms with van der Waals surface area (Å²) in [6.07, 6.45) is 4.01. The number of hydrogen-bond acceptors (Lipinski definition) is 9. The van der Waals surface area contributed by atoms with Crippen molar-refractivity contribution in [2.75, 3.05) is 13.4 Å². The summed E-state index contributed by atoms with van der Waals surface area (Å²) in [6.45, 7) is 13.7. The standard InChI is InChI=1S/C20H19N3O.C4H5N.C2H6.CHF3O3S2.CH3IS/c1-13-7-19(24-2)18(17-5-6-22-20(13)17)12-23-10-15-4-3-14(9-21)8-16(15)11-23;1-4(2)3-5;1-2;2-1(3,4)9(5,6)7-8;1-3-2/h3-8,22H,10-12H2,1-2H3;1H2,2H3;1-2H3;8H;1H3. The average Bonchev–Trinajstić information content (AvgIpc) is 3.63. The van der Waals surface area contributed by atoms with Crippen molar-refractivity contribution in [2.45, 2.75) is 52.8 Å². The first-order valence-electron chi connectivity index (χ1n) is 12.4. The number of allylic oxidation sites excluding steroid dienone is 1. The number of hydrogen-bond donors (Lipinski definition) is 2. The van der Waals surface area contributed by atoms with Gasteiger partial charge in [-0.2, -0.15) is 35.7 Å². The average molecular weight is 771 g/mol. The minimum absolute atomic E-state index is 0.560. The monoisotopic (exact) mass is 770 g/mol. The van der Waals surface area contributed by atoms with Crippen molar-refractivity contribution in [3.05, 3.63) is 76.5 Å². The molecule has 8 nitrogen and oxygen atoms in total. The van der Waals surface area contributed by atoms with Crippen LogP contribution in [0.25, 0.3) is 10.9 Å². The maximum absolute atomic E-state index is 11.1. The molecule has 0 bridgehead atoms. The Labute approximate surface area is 273 Å². The molecular formula is C28H34F3IN4O4S3. The largest absolute Gasteiger partial charge is 0.524 e. The smallest absolute Gasteiger partial charge is 0.496 e. The summed E-state index contributed by atoms with van der Waals surface area (Å²) in [5.41, 5.74) is 2.06. The molecule has 0 spiro atoms. The van der Waals surface area contributed by atoms with Crippen LogP contribution in [-0.2, 0) is 33.4 Å². The van der Waals surface area contributed by atoms with Crippen LogP contribution in [0.15, 0.2) is 48.7 Å². The third-order valence-corrected chi connectivity index (χ3v) is 6.76. The molecule has 0 fully saturated rings. The summed E-state index contributed by atoms with van der Waals surface area (Å²) in [5.74, 6) is 0.938. The van der Waals surface area contributed by atoms with Gasteiger partial charge < -0.3 is 9.72 Å². The van der Waals surface area contributed by atoms with Gasteiger partial charge in [-0.15, -0.1) is 0 Å². The number of H-pyrrole nitrogens is 1. The van der Waals surface area contributed by atoms with Crippen molar-refractivity contribution in [3.63, 3.8) is 0 Å². The highest BCUT2D eigenvalue weighted by atomic mass is 127. The zero-order chi connectivity index (χ0) is 33.4. The quantitative estimate of drug-likeness (QED) is 0.0894. The highest BCUT2D eigenvalue weighted by Gasteiger charge is 2.47. The van der Waals surface area contributed by atoms with E-state index in [1.165, 1.54) is 33.2 Å². The molecule has 0 aliphatic carbocycles. The number of nitriles is 2. The number of alkyl halides is 3. The van der Waals surface area contributed by atoms with Gasteiger partial charge in [-0.05, 0) is 95.2 Å². The Kier molecular flexibility index (Phi) is 18.7. The highest BCUT2D eigenvalue weighted by molar-refractivity contribution is 14.2. The number of aromatic amines is 1. The summed E-state index contributed by atoms with van der Waals surface area (Å²) in [4.78, 5) is 5.72. The molecule has 43 heavy (non-hydrogen) atoms. The van der Waals surface area contributed by atoms with Crippen LogP contribution < -0.4 is 4.74 Å². The molecule has 15 heteroatoms. The summed E-state index contributed by atoms with van der Waals surface area (Å²) in [6, 6.07) is 14.3. The lowest BCUT2D eigenvalue weighted by Gasteiger charge is -2.19. The fourth-order valence-corrected chi connectivity index (χ4v) is 4.03. The molecule has 0 saturated carbocycles. The van der Waals surface area contributed by atoms with E-state index >= 15 is 0 Å². The van der Waals surface area contributed by atoms with Crippen LogP contribution in [0.3, 0.4) is 0 Å². The molecule has 1 aliphatic rings. The van der Waals surface area contributed by atoms with Gasteiger partial charge in [0.15, 0.2) is 0 Å². The molecule has 0 amide bonds. The Hall–Kier alpha value is -2.41. The number of thiol groups is 1. The summed E-state index contributed by atoms with van der Waals surface area (Å²) >= 11 is 4.69. The number of nitrogens with one attached hydrogen (secondary N) is 1. The van der Waals surface area contributed by atoms with E-state index in [0.29, 0.717) is 5.57 Å². The zero-order valence-corrected chi connectivity index (χ0v) is 29.2. The SMILES string of the molecule is C=C(C)C#N.CC.COc1cc(C)c2[nH]ccc2c1CN1Cc2ccc(C#N)cc2C1.CSI.O=S(=O)(OS)C(F)(F)F. The van der Waals surface area contributed by atoms with Crippen molar-refractivity contribution >= 4 is 64.1 Å². The fourth-order valence-electron chi connectivity index (χ4n) is 3.69. The van der Waals surface area contributed by atoms with Crippen LogP contribution in [0.1, 0.15) is 48.6 Å². The lowest BCUT2D eigenvalue weighted by molar-refractivity contribution is -0.0493.